The molecule has 85 heavy (non-hydrogen) atoms. The average molecular weight is 1260 g/mol. The summed E-state index contributed by atoms with van der Waals surface area (Å²) in [6.07, 6.45) is 36.5. The zero-order chi connectivity index (χ0) is 63.2. The number of aliphatic hydroxyl groups is 1. The molecule has 0 aliphatic heterocycles. The fourth-order valence-corrected chi connectivity index (χ4v) is 11.3. The highest BCUT2D eigenvalue weighted by molar-refractivity contribution is 7.47. The quantitative estimate of drug-likeness (QED) is 0.0222. The summed E-state index contributed by atoms with van der Waals surface area (Å²) in [4.78, 5) is 72.3. The normalized spacial score (nSPS) is 14.7. The first kappa shape index (κ1) is 83.1. The number of phosphoric acid groups is 2. The van der Waals surface area contributed by atoms with E-state index in [2.05, 4.69) is 55.4 Å². The van der Waals surface area contributed by atoms with Crippen molar-refractivity contribution in [3.05, 3.63) is 0 Å². The molecule has 6 atom stereocenters. The first-order valence-electron chi connectivity index (χ1n) is 34.2. The Morgan fingerprint density at radius 2 is 0.565 bits per heavy atom. The number of unbranched alkanes of at least 4 members (excludes halogenated alkanes) is 28. The van der Waals surface area contributed by atoms with Crippen LogP contribution in [0, 0.1) is 23.7 Å². The van der Waals surface area contributed by atoms with Crippen molar-refractivity contribution < 1.29 is 80.2 Å². The highest BCUT2D eigenvalue weighted by Crippen LogP contribution is 2.45. The van der Waals surface area contributed by atoms with Crippen molar-refractivity contribution in [1.82, 2.24) is 0 Å². The van der Waals surface area contributed by atoms with Gasteiger partial charge in [0.15, 0.2) is 12.2 Å². The predicted molar refractivity (Wildman–Crippen MR) is 340 cm³/mol. The van der Waals surface area contributed by atoms with Gasteiger partial charge in [-0.15, -0.1) is 0 Å². The number of aliphatic hydroxyl groups excluding tert-OH is 1. The molecule has 0 heterocycles. The number of hydrogen-bond donors (Lipinski definition) is 3. The van der Waals surface area contributed by atoms with E-state index >= 15 is 0 Å². The van der Waals surface area contributed by atoms with Crippen LogP contribution in [-0.2, 0) is 65.4 Å². The Morgan fingerprint density at radius 1 is 0.329 bits per heavy atom. The van der Waals surface area contributed by atoms with Crippen molar-refractivity contribution in [2.24, 2.45) is 23.7 Å². The Labute approximate surface area is 517 Å². The molecule has 0 aromatic rings. The Morgan fingerprint density at radius 3 is 0.835 bits per heavy atom. The molecule has 0 aromatic heterocycles. The smallest absolute Gasteiger partial charge is 0.462 e. The van der Waals surface area contributed by atoms with E-state index in [1.807, 2.05) is 0 Å². The first-order chi connectivity index (χ1) is 40.6. The van der Waals surface area contributed by atoms with E-state index in [1.165, 1.54) is 116 Å². The van der Waals surface area contributed by atoms with Crippen molar-refractivity contribution in [3.8, 4) is 0 Å². The molecule has 0 aliphatic rings. The van der Waals surface area contributed by atoms with Crippen molar-refractivity contribution in [2.45, 2.75) is 337 Å². The molecule has 0 bridgehead atoms. The number of carbonyl (C=O) groups excluding carboxylic acids is 4. The summed E-state index contributed by atoms with van der Waals surface area (Å²) in [6.45, 7) is 13.9. The zero-order valence-electron chi connectivity index (χ0n) is 55.2. The monoisotopic (exact) mass is 1250 g/mol. The fourth-order valence-electron chi connectivity index (χ4n) is 9.75. The summed E-state index contributed by atoms with van der Waals surface area (Å²) in [5.41, 5.74) is 0. The molecule has 0 amide bonds. The SMILES string of the molecule is CCC(C)CCCCCCCCCCC(=O)OC[C@H](COP(=O)(O)OC[C@@H](O)COP(=O)(O)OC[C@@H](COC(=O)CCCCCCCCC(C)C)OC(=O)CCCCCCCCCCCCCCC(C)C)OC(=O)CCCCCCCCC(C)C. The van der Waals surface area contributed by atoms with Gasteiger partial charge >= 0.3 is 39.5 Å². The van der Waals surface area contributed by atoms with Crippen LogP contribution in [0.3, 0.4) is 0 Å². The molecule has 19 heteroatoms. The van der Waals surface area contributed by atoms with Crippen LogP contribution in [0.15, 0.2) is 0 Å². The molecule has 0 aliphatic carbocycles. The molecule has 3 N–H and O–H groups in total. The van der Waals surface area contributed by atoms with Crippen LogP contribution in [0.5, 0.6) is 0 Å². The van der Waals surface area contributed by atoms with E-state index in [9.17, 15) is 43.2 Å². The Kier molecular flexibility index (Phi) is 54.8. The summed E-state index contributed by atoms with van der Waals surface area (Å²) in [6, 6.07) is 0. The standard InChI is InChI=1S/C66H128O17P2/c1-9-59(8)45-37-29-19-16-17-20-30-38-46-63(68)76-52-62(83-66(71)49-41-33-25-23-28-36-44-58(6)7)55-81-85(74,75)79-51-60(67)50-78-84(72,73)80-54-61(53-77-64(69)47-39-31-24-22-27-35-43-57(4)5)82-65(70)48-40-32-21-15-13-11-10-12-14-18-26-34-42-56(2)3/h56-62,67H,9-55H2,1-8H3,(H,72,73)(H,74,75)/t59?,60-,61+,62+/m0/s1. The van der Waals surface area contributed by atoms with Gasteiger partial charge in [-0.25, -0.2) is 9.13 Å². The van der Waals surface area contributed by atoms with Gasteiger partial charge in [-0.1, -0.05) is 267 Å². The van der Waals surface area contributed by atoms with Gasteiger partial charge in [0.05, 0.1) is 26.4 Å². The van der Waals surface area contributed by atoms with Crippen LogP contribution in [0.25, 0.3) is 0 Å². The summed E-state index contributed by atoms with van der Waals surface area (Å²) < 4.78 is 68.0. The predicted octanol–water partition coefficient (Wildman–Crippen LogP) is 18.1. The van der Waals surface area contributed by atoms with Crippen LogP contribution < -0.4 is 0 Å². The maximum absolute atomic E-state index is 13.0. The number of phosphoric ester groups is 2. The molecule has 3 unspecified atom stereocenters. The third kappa shape index (κ3) is 59.5. The maximum atomic E-state index is 13.0. The minimum atomic E-state index is -4.95. The van der Waals surface area contributed by atoms with E-state index in [1.54, 1.807) is 0 Å². The lowest BCUT2D eigenvalue weighted by Gasteiger charge is -2.21. The summed E-state index contributed by atoms with van der Waals surface area (Å²) in [7, 11) is -9.89. The number of rotatable bonds is 63. The molecule has 0 radical (unpaired) electrons. The number of hydrogen-bond acceptors (Lipinski definition) is 15. The lowest BCUT2D eigenvalue weighted by molar-refractivity contribution is -0.161. The van der Waals surface area contributed by atoms with Gasteiger partial charge in [0.2, 0.25) is 0 Å². The van der Waals surface area contributed by atoms with Crippen molar-refractivity contribution >= 4 is 39.5 Å². The highest BCUT2D eigenvalue weighted by atomic mass is 31.2. The summed E-state index contributed by atoms with van der Waals surface area (Å²) in [5.74, 6) is 0.762. The molecular weight excluding hydrogens is 1130 g/mol. The summed E-state index contributed by atoms with van der Waals surface area (Å²) in [5, 5.41) is 10.5. The Bertz CT molecular complexity index is 1700. The lowest BCUT2D eigenvalue weighted by Crippen LogP contribution is -2.30. The second kappa shape index (κ2) is 56.1. The molecule has 0 saturated carbocycles. The topological polar surface area (TPSA) is 237 Å². The number of ether oxygens (including phenoxy) is 4. The minimum absolute atomic E-state index is 0.101. The molecule has 0 saturated heterocycles. The highest BCUT2D eigenvalue weighted by Gasteiger charge is 2.30. The zero-order valence-corrected chi connectivity index (χ0v) is 57.0. The molecule has 0 rings (SSSR count). The second-order valence-electron chi connectivity index (χ2n) is 25.5. The first-order valence-corrected chi connectivity index (χ1v) is 37.2. The molecular formula is C66H128O17P2. The van der Waals surface area contributed by atoms with E-state index < -0.39 is 97.5 Å². The molecule has 0 fully saturated rings. The van der Waals surface area contributed by atoms with Gasteiger partial charge in [0.25, 0.3) is 0 Å². The third-order valence-corrected chi connectivity index (χ3v) is 17.3. The van der Waals surface area contributed by atoms with Crippen LogP contribution in [-0.4, -0.2) is 96.7 Å². The van der Waals surface area contributed by atoms with Crippen LogP contribution in [0.4, 0.5) is 0 Å². The maximum Gasteiger partial charge on any atom is 0.472 e. The van der Waals surface area contributed by atoms with Gasteiger partial charge in [0.1, 0.15) is 19.3 Å². The van der Waals surface area contributed by atoms with Crippen LogP contribution in [0.1, 0.15) is 319 Å². The molecule has 17 nitrogen and oxygen atoms in total. The van der Waals surface area contributed by atoms with Crippen molar-refractivity contribution in [1.29, 1.82) is 0 Å². The van der Waals surface area contributed by atoms with E-state index in [4.69, 9.17) is 37.0 Å². The third-order valence-electron chi connectivity index (χ3n) is 15.4. The molecule has 0 spiro atoms. The second-order valence-corrected chi connectivity index (χ2v) is 28.4. The van der Waals surface area contributed by atoms with E-state index in [0.717, 1.165) is 108 Å². The largest absolute Gasteiger partial charge is 0.472 e. The van der Waals surface area contributed by atoms with E-state index in [-0.39, 0.29) is 25.7 Å². The van der Waals surface area contributed by atoms with Gasteiger partial charge in [-0.3, -0.25) is 37.3 Å². The van der Waals surface area contributed by atoms with Crippen molar-refractivity contribution in [3.63, 3.8) is 0 Å². The number of carbonyl (C=O) groups is 4. The molecule has 504 valence electrons. The van der Waals surface area contributed by atoms with E-state index in [0.29, 0.717) is 37.5 Å². The van der Waals surface area contributed by atoms with Gasteiger partial charge in [0, 0.05) is 25.7 Å². The summed E-state index contributed by atoms with van der Waals surface area (Å²) >= 11 is 0. The van der Waals surface area contributed by atoms with Gasteiger partial charge in [-0.2, -0.15) is 0 Å². The molecule has 0 aromatic carbocycles. The van der Waals surface area contributed by atoms with Crippen LogP contribution in [0.2, 0.25) is 0 Å². The lowest BCUT2D eigenvalue weighted by atomic mass is 9.99. The fraction of sp³-hybridized carbons (Fsp3) is 0.939. The Balaban J connectivity index is 5.22. The Hall–Kier alpha value is -1.94. The van der Waals surface area contributed by atoms with Crippen molar-refractivity contribution in [2.75, 3.05) is 39.6 Å². The average Bonchev–Trinajstić information content (AvgIpc) is 3.63. The number of esters is 4. The van der Waals surface area contributed by atoms with Gasteiger partial charge in [-0.05, 0) is 49.4 Å². The minimum Gasteiger partial charge on any atom is -0.462 e. The van der Waals surface area contributed by atoms with Crippen LogP contribution >= 0.6 is 15.6 Å². The van der Waals surface area contributed by atoms with Gasteiger partial charge < -0.3 is 33.8 Å².